The number of hydrogen-bond acceptors (Lipinski definition) is 1. The number of nitrogens with one attached hydrogen (secondary N) is 1. The molecule has 0 aliphatic heterocycles. The first-order valence-corrected chi connectivity index (χ1v) is 7.59. The van der Waals surface area contributed by atoms with Gasteiger partial charge in [-0.1, -0.05) is 26.8 Å². The summed E-state index contributed by atoms with van der Waals surface area (Å²) < 4.78 is 2.33. The molecule has 0 aliphatic rings. The molecule has 0 atom stereocenters. The van der Waals surface area contributed by atoms with Crippen LogP contribution in [0.4, 0.5) is 0 Å². The summed E-state index contributed by atoms with van der Waals surface area (Å²) in [6.07, 6.45) is 2.34. The number of rotatable bonds is 4. The van der Waals surface area contributed by atoms with Crippen molar-refractivity contribution in [2.45, 2.75) is 46.0 Å². The second kappa shape index (κ2) is 5.61. The van der Waals surface area contributed by atoms with Crippen LogP contribution in [0.5, 0.6) is 0 Å². The first kappa shape index (κ1) is 15.1. The zero-order valence-corrected chi connectivity index (χ0v) is 13.8. The van der Waals surface area contributed by atoms with Gasteiger partial charge in [-0.15, -0.1) is 0 Å². The number of aryl methyl sites for hydroxylation is 2. The van der Waals surface area contributed by atoms with Crippen LogP contribution in [0, 0.1) is 6.92 Å². The maximum absolute atomic E-state index is 3.24. The quantitative estimate of drug-likeness (QED) is 0.834. The lowest BCUT2D eigenvalue weighted by atomic mass is 9.86. The highest BCUT2D eigenvalue weighted by atomic mass is 14.9. The van der Waals surface area contributed by atoms with Crippen molar-refractivity contribution in [3.05, 3.63) is 35.0 Å². The lowest BCUT2D eigenvalue weighted by Gasteiger charge is -2.19. The van der Waals surface area contributed by atoms with E-state index >= 15 is 0 Å². The lowest BCUT2D eigenvalue weighted by molar-refractivity contribution is 0.591. The molecule has 0 fully saturated rings. The second-order valence-electron chi connectivity index (χ2n) is 6.81. The number of benzene rings is 1. The molecule has 0 amide bonds. The van der Waals surface area contributed by atoms with Crippen LogP contribution in [0.1, 0.15) is 44.0 Å². The van der Waals surface area contributed by atoms with Gasteiger partial charge in [-0.3, -0.25) is 0 Å². The molecule has 110 valence electrons. The Bertz CT molecular complexity index is 600. The van der Waals surface area contributed by atoms with Crippen molar-refractivity contribution in [3.63, 3.8) is 0 Å². The zero-order chi connectivity index (χ0) is 14.9. The molecule has 20 heavy (non-hydrogen) atoms. The van der Waals surface area contributed by atoms with Crippen molar-refractivity contribution >= 4 is 10.9 Å². The molecule has 1 aromatic carbocycles. The van der Waals surface area contributed by atoms with Crippen LogP contribution in [-0.4, -0.2) is 18.2 Å². The average Bonchev–Trinajstić information content (AvgIpc) is 2.62. The predicted molar refractivity (Wildman–Crippen MR) is 88.6 cm³/mol. The van der Waals surface area contributed by atoms with E-state index in [1.165, 1.54) is 34.1 Å². The molecule has 1 aromatic heterocycles. The Morgan fingerprint density at radius 3 is 2.50 bits per heavy atom. The highest BCUT2D eigenvalue weighted by Gasteiger charge is 2.17. The van der Waals surface area contributed by atoms with E-state index in [9.17, 15) is 0 Å². The fourth-order valence-electron chi connectivity index (χ4n) is 2.87. The van der Waals surface area contributed by atoms with Crippen LogP contribution >= 0.6 is 0 Å². The van der Waals surface area contributed by atoms with E-state index in [4.69, 9.17) is 0 Å². The van der Waals surface area contributed by atoms with E-state index in [0.29, 0.717) is 0 Å². The number of nitrogens with zero attached hydrogens (tertiary/aromatic N) is 1. The molecule has 0 radical (unpaired) electrons. The van der Waals surface area contributed by atoms with E-state index in [1.54, 1.807) is 0 Å². The fraction of sp³-hybridized carbons (Fsp3) is 0.556. The molecule has 2 aromatic rings. The lowest BCUT2D eigenvalue weighted by Crippen LogP contribution is -2.10. The minimum absolute atomic E-state index is 0.209. The van der Waals surface area contributed by atoms with Gasteiger partial charge in [0.2, 0.25) is 0 Å². The van der Waals surface area contributed by atoms with Gasteiger partial charge in [-0.2, -0.15) is 0 Å². The highest BCUT2D eigenvalue weighted by molar-refractivity contribution is 5.86. The summed E-state index contributed by atoms with van der Waals surface area (Å²) in [7, 11) is 4.20. The molecular formula is C18H28N2. The minimum atomic E-state index is 0.209. The van der Waals surface area contributed by atoms with Crippen molar-refractivity contribution in [1.29, 1.82) is 0 Å². The Morgan fingerprint density at radius 2 is 1.90 bits per heavy atom. The molecule has 0 bridgehead atoms. The number of hydrogen-bond donors (Lipinski definition) is 1. The Labute approximate surface area is 123 Å². The van der Waals surface area contributed by atoms with E-state index in [-0.39, 0.29) is 5.41 Å². The standard InChI is InChI=1S/C18H28N2/c1-13-15(8-7-11-19-5)16-12-14(18(2,3)4)9-10-17(16)20(13)6/h9-10,12,19H,7-8,11H2,1-6H3. The van der Waals surface area contributed by atoms with E-state index < -0.39 is 0 Å². The molecule has 0 saturated carbocycles. The van der Waals surface area contributed by atoms with Crippen LogP contribution in [0.15, 0.2) is 18.2 Å². The van der Waals surface area contributed by atoms with Gasteiger partial charge >= 0.3 is 0 Å². The Hall–Kier alpha value is -1.28. The average molecular weight is 272 g/mol. The molecule has 1 N–H and O–H groups in total. The molecule has 0 aliphatic carbocycles. The molecule has 2 nitrogen and oxygen atoms in total. The van der Waals surface area contributed by atoms with Crippen molar-refractivity contribution in [1.82, 2.24) is 9.88 Å². The van der Waals surface area contributed by atoms with Crippen molar-refractivity contribution in [2.24, 2.45) is 7.05 Å². The van der Waals surface area contributed by atoms with Gasteiger partial charge in [-0.05, 0) is 62.0 Å². The summed E-state index contributed by atoms with van der Waals surface area (Å²) in [5, 5.41) is 4.68. The summed E-state index contributed by atoms with van der Waals surface area (Å²) >= 11 is 0. The highest BCUT2D eigenvalue weighted by Crippen LogP contribution is 2.31. The smallest absolute Gasteiger partial charge is 0.0482 e. The largest absolute Gasteiger partial charge is 0.348 e. The Balaban J connectivity index is 2.51. The van der Waals surface area contributed by atoms with Crippen LogP contribution in [-0.2, 0) is 18.9 Å². The monoisotopic (exact) mass is 272 g/mol. The topological polar surface area (TPSA) is 17.0 Å². The van der Waals surface area contributed by atoms with Gasteiger partial charge in [0.1, 0.15) is 0 Å². The summed E-state index contributed by atoms with van der Waals surface area (Å²) in [4.78, 5) is 0. The molecule has 2 rings (SSSR count). The Kier molecular flexibility index (Phi) is 4.24. The van der Waals surface area contributed by atoms with Crippen molar-refractivity contribution in [2.75, 3.05) is 13.6 Å². The summed E-state index contributed by atoms with van der Waals surface area (Å²) in [6, 6.07) is 6.96. The van der Waals surface area contributed by atoms with Crippen LogP contribution in [0.25, 0.3) is 10.9 Å². The third-order valence-corrected chi connectivity index (χ3v) is 4.34. The van der Waals surface area contributed by atoms with Gasteiger partial charge in [0, 0.05) is 23.6 Å². The van der Waals surface area contributed by atoms with E-state index in [0.717, 1.165) is 13.0 Å². The fourth-order valence-corrected chi connectivity index (χ4v) is 2.87. The third-order valence-electron chi connectivity index (χ3n) is 4.34. The summed E-state index contributed by atoms with van der Waals surface area (Å²) in [6.45, 7) is 10.2. The van der Waals surface area contributed by atoms with Crippen molar-refractivity contribution in [3.8, 4) is 0 Å². The SMILES string of the molecule is CNCCCc1c(C)n(C)c2ccc(C(C)(C)C)cc12. The van der Waals surface area contributed by atoms with Crippen LogP contribution in [0.2, 0.25) is 0 Å². The summed E-state index contributed by atoms with van der Waals surface area (Å²) in [5.41, 5.74) is 5.91. The van der Waals surface area contributed by atoms with Crippen LogP contribution in [0.3, 0.4) is 0 Å². The third kappa shape index (κ3) is 2.76. The van der Waals surface area contributed by atoms with Crippen LogP contribution < -0.4 is 5.32 Å². The molecule has 0 saturated heterocycles. The maximum Gasteiger partial charge on any atom is 0.0482 e. The summed E-state index contributed by atoms with van der Waals surface area (Å²) in [5.74, 6) is 0. The van der Waals surface area contributed by atoms with Gasteiger partial charge in [0.15, 0.2) is 0 Å². The first-order chi connectivity index (χ1) is 9.36. The zero-order valence-electron chi connectivity index (χ0n) is 13.8. The normalized spacial score (nSPS) is 12.3. The number of aromatic nitrogens is 1. The first-order valence-electron chi connectivity index (χ1n) is 7.59. The Morgan fingerprint density at radius 1 is 1.20 bits per heavy atom. The predicted octanol–water partition coefficient (Wildman–Crippen LogP) is 3.94. The van der Waals surface area contributed by atoms with E-state index in [1.807, 2.05) is 7.05 Å². The molecule has 0 unspecified atom stereocenters. The van der Waals surface area contributed by atoms with Gasteiger partial charge in [0.25, 0.3) is 0 Å². The molecule has 1 heterocycles. The van der Waals surface area contributed by atoms with Gasteiger partial charge < -0.3 is 9.88 Å². The molecule has 2 heteroatoms. The number of fused-ring (bicyclic) bond motifs is 1. The minimum Gasteiger partial charge on any atom is -0.348 e. The van der Waals surface area contributed by atoms with Gasteiger partial charge in [0.05, 0.1) is 0 Å². The second-order valence-corrected chi connectivity index (χ2v) is 6.81. The van der Waals surface area contributed by atoms with Crippen molar-refractivity contribution < 1.29 is 0 Å². The molecule has 0 spiro atoms. The van der Waals surface area contributed by atoms with E-state index in [2.05, 4.69) is 62.8 Å². The maximum atomic E-state index is 3.24. The van der Waals surface area contributed by atoms with Gasteiger partial charge in [-0.25, -0.2) is 0 Å². The molecular weight excluding hydrogens is 244 g/mol.